The number of imidazole rings is 1. The molecule has 0 bridgehead atoms. The first-order valence-corrected chi connectivity index (χ1v) is 8.04. The van der Waals surface area contributed by atoms with Crippen LogP contribution in [0.5, 0.6) is 5.75 Å². The molecule has 0 atom stereocenters. The molecule has 0 spiro atoms. The van der Waals surface area contributed by atoms with Crippen molar-refractivity contribution in [2.24, 2.45) is 0 Å². The van der Waals surface area contributed by atoms with Gasteiger partial charge < -0.3 is 19.0 Å². The van der Waals surface area contributed by atoms with E-state index >= 15 is 0 Å². The third-order valence-electron chi connectivity index (χ3n) is 4.00. The van der Waals surface area contributed by atoms with Crippen molar-refractivity contribution in [2.45, 2.75) is 6.54 Å². The highest BCUT2D eigenvalue weighted by molar-refractivity contribution is 5.94. The summed E-state index contributed by atoms with van der Waals surface area (Å²) < 4.78 is 12.3. The van der Waals surface area contributed by atoms with E-state index in [2.05, 4.69) is 15.5 Å². The first-order chi connectivity index (χ1) is 12.7. The van der Waals surface area contributed by atoms with Gasteiger partial charge >= 0.3 is 0 Å². The molecule has 0 aliphatic heterocycles. The van der Waals surface area contributed by atoms with Crippen molar-refractivity contribution in [1.29, 1.82) is 0 Å². The minimum atomic E-state index is -0.195. The molecule has 26 heavy (non-hydrogen) atoms. The Bertz CT molecular complexity index is 1070. The van der Waals surface area contributed by atoms with Crippen molar-refractivity contribution in [3.8, 4) is 17.0 Å². The lowest BCUT2D eigenvalue weighted by Gasteiger charge is -2.03. The summed E-state index contributed by atoms with van der Waals surface area (Å²) in [6.07, 6.45) is 5.22. The molecule has 4 aromatic rings. The molecular formula is C19H16N4O3. The minimum Gasteiger partial charge on any atom is -0.497 e. The second-order valence-electron chi connectivity index (χ2n) is 5.70. The third kappa shape index (κ3) is 3.14. The maximum Gasteiger partial charge on any atom is 0.253 e. The van der Waals surface area contributed by atoms with E-state index in [0.717, 1.165) is 17.0 Å². The highest BCUT2D eigenvalue weighted by Crippen LogP contribution is 2.23. The number of hydrogen-bond donors (Lipinski definition) is 1. The highest BCUT2D eigenvalue weighted by Gasteiger charge is 2.11. The van der Waals surface area contributed by atoms with Crippen molar-refractivity contribution in [1.82, 2.24) is 19.9 Å². The number of fused-ring (bicyclic) bond motifs is 1. The van der Waals surface area contributed by atoms with Crippen molar-refractivity contribution in [2.75, 3.05) is 7.11 Å². The number of nitrogens with zero attached hydrogens (tertiary/aromatic N) is 3. The van der Waals surface area contributed by atoms with Crippen LogP contribution in [0.2, 0.25) is 0 Å². The standard InChI is InChI=1S/C19H16N4O3/c1-25-15-4-2-3-13(9-15)17-10-16(26-22-17)11-21-19(24)14-5-6-18-20-7-8-23(18)12-14/h2-10,12H,11H2,1H3,(H,21,24). The Balaban J connectivity index is 1.44. The average molecular weight is 348 g/mol. The predicted molar refractivity (Wildman–Crippen MR) is 94.9 cm³/mol. The fourth-order valence-corrected chi connectivity index (χ4v) is 2.64. The van der Waals surface area contributed by atoms with Crippen molar-refractivity contribution >= 4 is 11.6 Å². The molecule has 0 saturated heterocycles. The van der Waals surface area contributed by atoms with Crippen LogP contribution in [0.4, 0.5) is 0 Å². The average Bonchev–Trinajstić information content (AvgIpc) is 3.34. The molecule has 7 heteroatoms. The van der Waals surface area contributed by atoms with Gasteiger partial charge in [-0.2, -0.15) is 0 Å². The van der Waals surface area contributed by atoms with Gasteiger partial charge in [0.25, 0.3) is 5.91 Å². The smallest absolute Gasteiger partial charge is 0.253 e. The Kier molecular flexibility index (Phi) is 4.10. The van der Waals surface area contributed by atoms with Crippen LogP contribution < -0.4 is 10.1 Å². The van der Waals surface area contributed by atoms with Gasteiger partial charge in [-0.05, 0) is 24.3 Å². The van der Waals surface area contributed by atoms with Crippen molar-refractivity contribution < 1.29 is 14.1 Å². The Hall–Kier alpha value is -3.61. The molecule has 1 N–H and O–H groups in total. The number of methoxy groups -OCH3 is 1. The molecule has 4 rings (SSSR count). The Morgan fingerprint density at radius 3 is 3.08 bits per heavy atom. The number of aromatic nitrogens is 3. The van der Waals surface area contributed by atoms with Crippen molar-refractivity contribution in [3.05, 3.63) is 72.4 Å². The Labute approximate surface area is 149 Å². The predicted octanol–water partition coefficient (Wildman–Crippen LogP) is 2.93. The number of carbonyl (C=O) groups excluding carboxylic acids is 1. The number of rotatable bonds is 5. The summed E-state index contributed by atoms with van der Waals surface area (Å²) in [5.74, 6) is 1.12. The van der Waals surface area contributed by atoms with E-state index in [-0.39, 0.29) is 12.5 Å². The molecule has 0 aliphatic carbocycles. The molecule has 1 aromatic carbocycles. The van der Waals surface area contributed by atoms with Crippen LogP contribution in [0.25, 0.3) is 16.9 Å². The van der Waals surface area contributed by atoms with E-state index in [0.29, 0.717) is 17.0 Å². The van der Waals surface area contributed by atoms with Crippen LogP contribution in [-0.2, 0) is 6.54 Å². The molecule has 0 radical (unpaired) electrons. The second-order valence-corrected chi connectivity index (χ2v) is 5.70. The summed E-state index contributed by atoms with van der Waals surface area (Å²) in [4.78, 5) is 16.5. The van der Waals surface area contributed by atoms with Crippen LogP contribution in [0.15, 0.2) is 65.6 Å². The zero-order valence-electron chi connectivity index (χ0n) is 14.0. The molecule has 7 nitrogen and oxygen atoms in total. The Morgan fingerprint density at radius 2 is 2.19 bits per heavy atom. The number of ether oxygens (including phenoxy) is 1. The van der Waals surface area contributed by atoms with E-state index < -0.39 is 0 Å². The SMILES string of the molecule is COc1cccc(-c2cc(CNC(=O)c3ccc4nccn4c3)on2)c1. The van der Waals surface area contributed by atoms with E-state index in [1.165, 1.54) is 0 Å². The lowest BCUT2D eigenvalue weighted by molar-refractivity contribution is 0.0946. The van der Waals surface area contributed by atoms with Gasteiger partial charge in [-0.1, -0.05) is 17.3 Å². The molecule has 0 saturated carbocycles. The molecule has 130 valence electrons. The summed E-state index contributed by atoms with van der Waals surface area (Å²) in [6, 6.07) is 12.9. The van der Waals surface area contributed by atoms with Crippen LogP contribution >= 0.6 is 0 Å². The van der Waals surface area contributed by atoms with Gasteiger partial charge in [0.05, 0.1) is 19.2 Å². The number of pyridine rings is 1. The largest absolute Gasteiger partial charge is 0.497 e. The van der Waals surface area contributed by atoms with Gasteiger partial charge in [0, 0.05) is 30.2 Å². The zero-order chi connectivity index (χ0) is 17.9. The summed E-state index contributed by atoms with van der Waals surface area (Å²) in [6.45, 7) is 0.248. The van der Waals surface area contributed by atoms with Gasteiger partial charge in [-0.25, -0.2) is 4.98 Å². The molecule has 3 aromatic heterocycles. The van der Waals surface area contributed by atoms with Gasteiger partial charge in [-0.3, -0.25) is 4.79 Å². The molecule has 0 aliphatic rings. The van der Waals surface area contributed by atoms with Gasteiger partial charge in [0.15, 0.2) is 5.76 Å². The second kappa shape index (κ2) is 6.72. The van der Waals surface area contributed by atoms with Crippen LogP contribution in [0.3, 0.4) is 0 Å². The van der Waals surface area contributed by atoms with Crippen LogP contribution in [0, 0.1) is 0 Å². The van der Waals surface area contributed by atoms with Gasteiger partial charge in [0.1, 0.15) is 17.1 Å². The number of amides is 1. The lowest BCUT2D eigenvalue weighted by Crippen LogP contribution is -2.22. The molecule has 0 unspecified atom stereocenters. The maximum atomic E-state index is 12.3. The molecule has 3 heterocycles. The third-order valence-corrected chi connectivity index (χ3v) is 4.00. The molecular weight excluding hydrogens is 332 g/mol. The summed E-state index contributed by atoms with van der Waals surface area (Å²) in [5.41, 5.74) is 2.91. The summed E-state index contributed by atoms with van der Waals surface area (Å²) >= 11 is 0. The maximum absolute atomic E-state index is 12.3. The van der Waals surface area contributed by atoms with E-state index in [1.807, 2.05) is 24.3 Å². The highest BCUT2D eigenvalue weighted by atomic mass is 16.5. The normalized spacial score (nSPS) is 10.8. The first kappa shape index (κ1) is 15.9. The summed E-state index contributed by atoms with van der Waals surface area (Å²) in [7, 11) is 1.62. The number of carbonyl (C=O) groups is 1. The Morgan fingerprint density at radius 1 is 1.27 bits per heavy atom. The number of benzene rings is 1. The van der Waals surface area contributed by atoms with Crippen LogP contribution in [-0.4, -0.2) is 27.6 Å². The summed E-state index contributed by atoms with van der Waals surface area (Å²) in [5, 5.41) is 6.88. The monoisotopic (exact) mass is 348 g/mol. The fourth-order valence-electron chi connectivity index (χ4n) is 2.64. The zero-order valence-corrected chi connectivity index (χ0v) is 14.0. The number of hydrogen-bond acceptors (Lipinski definition) is 5. The minimum absolute atomic E-state index is 0.195. The van der Waals surface area contributed by atoms with E-state index in [4.69, 9.17) is 9.26 Å². The van der Waals surface area contributed by atoms with E-state index in [9.17, 15) is 4.79 Å². The van der Waals surface area contributed by atoms with Gasteiger partial charge in [-0.15, -0.1) is 0 Å². The van der Waals surface area contributed by atoms with Gasteiger partial charge in [0.2, 0.25) is 0 Å². The fraction of sp³-hybridized carbons (Fsp3) is 0.105. The molecule has 1 amide bonds. The van der Waals surface area contributed by atoms with Crippen LogP contribution in [0.1, 0.15) is 16.1 Å². The van der Waals surface area contributed by atoms with Crippen molar-refractivity contribution in [3.63, 3.8) is 0 Å². The topological polar surface area (TPSA) is 81.7 Å². The molecule has 0 fully saturated rings. The van der Waals surface area contributed by atoms with E-state index in [1.54, 1.807) is 48.3 Å². The lowest BCUT2D eigenvalue weighted by atomic mass is 10.1. The first-order valence-electron chi connectivity index (χ1n) is 8.04. The quantitative estimate of drug-likeness (QED) is 0.600. The number of nitrogens with one attached hydrogen (secondary N) is 1.